The zero-order valence-electron chi connectivity index (χ0n) is 17.1. The highest BCUT2D eigenvalue weighted by Gasteiger charge is 2.20. The molecule has 3 N–H and O–H groups in total. The van der Waals surface area contributed by atoms with Crippen molar-refractivity contribution < 1.29 is 34.4 Å². The molecule has 0 radical (unpaired) electrons. The molecule has 0 bridgehead atoms. The van der Waals surface area contributed by atoms with Crippen LogP contribution >= 0.6 is 0 Å². The standard InChI is InChI=1S/C19H19NO3.C4H4O4/c1-20(2)10-9-16-15-6-4-3-5-14(15)12-23-18-8-7-13(19(21)22)11-17(16)18;5-3(6)1-2-4(7)8/h3-9,11H,10,12H2,1-2H3,(H,21,22);1-2H,(H,5,6)(H,7,8)/b16-9+;2-1+. The molecule has 0 spiro atoms. The van der Waals surface area contributed by atoms with Gasteiger partial charge in [0.2, 0.25) is 0 Å². The van der Waals surface area contributed by atoms with Gasteiger partial charge in [-0.15, -0.1) is 0 Å². The molecule has 2 aromatic rings. The Kier molecular flexibility index (Phi) is 8.10. The van der Waals surface area contributed by atoms with Gasteiger partial charge in [-0.1, -0.05) is 30.3 Å². The Labute approximate surface area is 179 Å². The number of hydrogen-bond acceptors (Lipinski definition) is 5. The van der Waals surface area contributed by atoms with E-state index in [0.29, 0.717) is 18.8 Å². The lowest BCUT2D eigenvalue weighted by atomic mass is 9.93. The summed E-state index contributed by atoms with van der Waals surface area (Å²) in [5.41, 5.74) is 4.31. The minimum atomic E-state index is -1.26. The van der Waals surface area contributed by atoms with Crippen molar-refractivity contribution >= 4 is 23.5 Å². The van der Waals surface area contributed by atoms with Crippen LogP contribution < -0.4 is 4.74 Å². The highest BCUT2D eigenvalue weighted by molar-refractivity contribution is 5.92. The third-order valence-corrected chi connectivity index (χ3v) is 4.24. The van der Waals surface area contributed by atoms with E-state index in [-0.39, 0.29) is 5.56 Å². The fourth-order valence-electron chi connectivity index (χ4n) is 2.85. The predicted octanol–water partition coefficient (Wildman–Crippen LogP) is 2.98. The van der Waals surface area contributed by atoms with Crippen LogP contribution in [0.5, 0.6) is 5.75 Å². The van der Waals surface area contributed by atoms with Gasteiger partial charge in [0.1, 0.15) is 12.4 Å². The van der Waals surface area contributed by atoms with Crippen LogP contribution in [0, 0.1) is 0 Å². The van der Waals surface area contributed by atoms with Crippen LogP contribution in [0.1, 0.15) is 27.0 Å². The molecule has 31 heavy (non-hydrogen) atoms. The smallest absolute Gasteiger partial charge is 0.335 e. The number of hydrogen-bond donors (Lipinski definition) is 3. The van der Waals surface area contributed by atoms with Crippen molar-refractivity contribution in [2.24, 2.45) is 0 Å². The van der Waals surface area contributed by atoms with E-state index >= 15 is 0 Å². The van der Waals surface area contributed by atoms with Crippen LogP contribution in [0.25, 0.3) is 5.57 Å². The normalized spacial score (nSPS) is 13.5. The van der Waals surface area contributed by atoms with E-state index < -0.39 is 17.9 Å². The van der Waals surface area contributed by atoms with E-state index in [1.165, 1.54) is 0 Å². The molecule has 0 unspecified atom stereocenters. The van der Waals surface area contributed by atoms with Crippen molar-refractivity contribution in [1.29, 1.82) is 0 Å². The molecule has 0 saturated carbocycles. The van der Waals surface area contributed by atoms with Crippen molar-refractivity contribution in [1.82, 2.24) is 4.90 Å². The number of fused-ring (bicyclic) bond motifs is 2. The number of carbonyl (C=O) groups is 3. The summed E-state index contributed by atoms with van der Waals surface area (Å²) in [6, 6.07) is 13.1. The lowest BCUT2D eigenvalue weighted by molar-refractivity contribution is -0.134. The molecule has 1 aliphatic rings. The summed E-state index contributed by atoms with van der Waals surface area (Å²) >= 11 is 0. The predicted molar refractivity (Wildman–Crippen MR) is 114 cm³/mol. The average molecular weight is 425 g/mol. The largest absolute Gasteiger partial charge is 0.488 e. The highest BCUT2D eigenvalue weighted by atomic mass is 16.5. The first-order valence-electron chi connectivity index (χ1n) is 9.26. The van der Waals surface area contributed by atoms with Crippen molar-refractivity contribution in [2.45, 2.75) is 6.61 Å². The Bertz CT molecular complexity index is 1020. The number of ether oxygens (including phenoxy) is 1. The number of aliphatic carboxylic acids is 2. The maximum Gasteiger partial charge on any atom is 0.335 e. The van der Waals surface area contributed by atoms with Crippen LogP contribution in [-0.4, -0.2) is 58.8 Å². The van der Waals surface area contributed by atoms with Gasteiger partial charge in [0.25, 0.3) is 0 Å². The molecule has 0 fully saturated rings. The second kappa shape index (κ2) is 10.7. The molecule has 0 aromatic heterocycles. The molecule has 0 atom stereocenters. The summed E-state index contributed by atoms with van der Waals surface area (Å²) in [5, 5.41) is 24.9. The first-order chi connectivity index (χ1) is 14.7. The van der Waals surface area contributed by atoms with Gasteiger partial charge >= 0.3 is 17.9 Å². The average Bonchev–Trinajstić information content (AvgIpc) is 2.87. The number of likely N-dealkylation sites (N-methyl/N-ethyl adjacent to an activating group) is 1. The van der Waals surface area contributed by atoms with Gasteiger partial charge < -0.3 is 25.0 Å². The third-order valence-electron chi connectivity index (χ3n) is 4.24. The van der Waals surface area contributed by atoms with Crippen molar-refractivity contribution in [3.05, 3.63) is 82.9 Å². The SMILES string of the molecule is CN(C)C/C=C1\c2ccccc2COc2ccc(C(=O)O)cc21.O=C(O)/C=C/C(=O)O. The summed E-state index contributed by atoms with van der Waals surface area (Å²) in [5.74, 6) is -2.73. The first-order valence-corrected chi connectivity index (χ1v) is 9.26. The number of carboxylic acids is 3. The van der Waals surface area contributed by atoms with E-state index in [2.05, 4.69) is 17.0 Å². The topological polar surface area (TPSA) is 124 Å². The lowest BCUT2D eigenvalue weighted by Crippen LogP contribution is -2.11. The minimum absolute atomic E-state index is 0.266. The molecule has 3 rings (SSSR count). The Morgan fingerprint density at radius 2 is 1.61 bits per heavy atom. The number of rotatable bonds is 5. The molecular weight excluding hydrogens is 402 g/mol. The summed E-state index contributed by atoms with van der Waals surface area (Å²) in [6.07, 6.45) is 3.24. The van der Waals surface area contributed by atoms with Gasteiger partial charge in [-0.05, 0) is 49.0 Å². The monoisotopic (exact) mass is 425 g/mol. The Morgan fingerprint density at radius 1 is 0.968 bits per heavy atom. The second-order valence-corrected chi connectivity index (χ2v) is 6.85. The molecule has 8 heteroatoms. The molecule has 2 aromatic carbocycles. The van der Waals surface area contributed by atoms with Gasteiger partial charge in [-0.3, -0.25) is 0 Å². The summed E-state index contributed by atoms with van der Waals surface area (Å²) in [6.45, 7) is 1.25. The van der Waals surface area contributed by atoms with E-state index in [4.69, 9.17) is 14.9 Å². The van der Waals surface area contributed by atoms with Gasteiger partial charge in [0, 0.05) is 24.3 Å². The Morgan fingerprint density at radius 3 is 2.19 bits per heavy atom. The Balaban J connectivity index is 0.000000366. The zero-order valence-corrected chi connectivity index (χ0v) is 17.1. The number of carboxylic acid groups (broad SMARTS) is 3. The van der Waals surface area contributed by atoms with Crippen LogP contribution in [0.4, 0.5) is 0 Å². The summed E-state index contributed by atoms with van der Waals surface area (Å²) in [4.78, 5) is 32.5. The molecule has 0 saturated heterocycles. The minimum Gasteiger partial charge on any atom is -0.488 e. The van der Waals surface area contributed by atoms with E-state index in [1.807, 2.05) is 32.3 Å². The van der Waals surface area contributed by atoms with Gasteiger partial charge in [0.05, 0.1) is 5.56 Å². The highest BCUT2D eigenvalue weighted by Crippen LogP contribution is 2.37. The molecule has 1 heterocycles. The van der Waals surface area contributed by atoms with Crippen LogP contribution in [0.15, 0.2) is 60.7 Å². The zero-order chi connectivity index (χ0) is 23.0. The quantitative estimate of drug-likeness (QED) is 0.625. The maximum atomic E-state index is 11.3. The van der Waals surface area contributed by atoms with Crippen molar-refractivity contribution in [3.8, 4) is 5.75 Å². The van der Waals surface area contributed by atoms with Crippen molar-refractivity contribution in [2.75, 3.05) is 20.6 Å². The van der Waals surface area contributed by atoms with Crippen molar-refractivity contribution in [3.63, 3.8) is 0 Å². The number of aromatic carboxylic acids is 1. The van der Waals surface area contributed by atoms with Crippen LogP contribution in [-0.2, 0) is 16.2 Å². The molecular formula is C23H23NO7. The van der Waals surface area contributed by atoms with Gasteiger partial charge in [0.15, 0.2) is 0 Å². The third kappa shape index (κ3) is 6.83. The van der Waals surface area contributed by atoms with Crippen LogP contribution in [0.2, 0.25) is 0 Å². The fraction of sp³-hybridized carbons (Fsp3) is 0.174. The van der Waals surface area contributed by atoms with E-state index in [1.54, 1.807) is 18.2 Å². The second-order valence-electron chi connectivity index (χ2n) is 6.85. The Hall–Kier alpha value is -3.91. The van der Waals surface area contributed by atoms with Crippen LogP contribution in [0.3, 0.4) is 0 Å². The van der Waals surface area contributed by atoms with Gasteiger partial charge in [-0.25, -0.2) is 14.4 Å². The number of nitrogens with zero attached hydrogens (tertiary/aromatic N) is 1. The van der Waals surface area contributed by atoms with E-state index in [9.17, 15) is 19.5 Å². The lowest BCUT2D eigenvalue weighted by Gasteiger charge is -2.13. The summed E-state index contributed by atoms with van der Waals surface area (Å²) < 4.78 is 5.90. The fourth-order valence-corrected chi connectivity index (χ4v) is 2.85. The maximum absolute atomic E-state index is 11.3. The first kappa shape index (κ1) is 23.4. The molecule has 8 nitrogen and oxygen atoms in total. The molecule has 162 valence electrons. The molecule has 1 aliphatic heterocycles. The summed E-state index contributed by atoms with van der Waals surface area (Å²) in [7, 11) is 4.01. The molecule has 0 amide bonds. The molecule has 0 aliphatic carbocycles. The van der Waals surface area contributed by atoms with Gasteiger partial charge in [-0.2, -0.15) is 0 Å². The van der Waals surface area contributed by atoms with E-state index in [0.717, 1.165) is 34.6 Å². The number of benzene rings is 2.